The van der Waals surface area contributed by atoms with Crippen molar-refractivity contribution in [2.75, 3.05) is 30.8 Å². The Morgan fingerprint density at radius 3 is 2.12 bits per heavy atom. The van der Waals surface area contributed by atoms with Gasteiger partial charge >= 0.3 is 0 Å². The van der Waals surface area contributed by atoms with Crippen molar-refractivity contribution in [2.24, 2.45) is 0 Å². The second-order valence-electron chi connectivity index (χ2n) is 5.14. The molecule has 2 amide bonds. The van der Waals surface area contributed by atoms with Gasteiger partial charge in [-0.3, -0.25) is 14.5 Å². The van der Waals surface area contributed by atoms with E-state index in [1.165, 1.54) is 0 Å². The maximum Gasteiger partial charge on any atom is 0.239 e. The molecule has 0 aliphatic carbocycles. The molecule has 8 heteroatoms. The van der Waals surface area contributed by atoms with Crippen molar-refractivity contribution in [2.45, 2.75) is 0 Å². The van der Waals surface area contributed by atoms with E-state index < -0.39 is 0 Å². The zero-order valence-corrected chi connectivity index (χ0v) is 16.1. The number of aromatic nitrogens is 1. The fourth-order valence-corrected chi connectivity index (χ4v) is 2.41. The third-order valence-corrected chi connectivity index (χ3v) is 3.95. The first kappa shape index (κ1) is 18.6. The third-order valence-electron chi connectivity index (χ3n) is 2.95. The summed E-state index contributed by atoms with van der Waals surface area (Å²) in [6.45, 7) is 0.197. The zero-order valence-electron chi connectivity index (χ0n) is 12.9. The van der Waals surface area contributed by atoms with Crippen molar-refractivity contribution < 1.29 is 9.59 Å². The highest BCUT2D eigenvalue weighted by atomic mass is 79.9. The van der Waals surface area contributed by atoms with E-state index in [2.05, 4.69) is 47.5 Å². The highest BCUT2D eigenvalue weighted by Gasteiger charge is 2.11. The Labute approximate surface area is 156 Å². The van der Waals surface area contributed by atoms with Crippen LogP contribution in [0.1, 0.15) is 0 Å². The number of likely N-dealkylation sites (N-methyl/N-ethyl adjacent to an activating group) is 1. The number of carbonyl (C=O) groups excluding carboxylic acids is 2. The van der Waals surface area contributed by atoms with Crippen molar-refractivity contribution in [3.05, 3.63) is 51.5 Å². The van der Waals surface area contributed by atoms with Gasteiger partial charge in [-0.25, -0.2) is 4.98 Å². The molecule has 0 aliphatic heterocycles. The largest absolute Gasteiger partial charge is 0.325 e. The summed E-state index contributed by atoms with van der Waals surface area (Å²) < 4.78 is 1.78. The number of anilines is 2. The number of rotatable bonds is 6. The summed E-state index contributed by atoms with van der Waals surface area (Å²) in [5.41, 5.74) is 0.708. The van der Waals surface area contributed by atoms with Crippen LogP contribution in [0.4, 0.5) is 11.5 Å². The first-order chi connectivity index (χ1) is 11.4. The van der Waals surface area contributed by atoms with Crippen LogP contribution in [0.25, 0.3) is 0 Å². The topological polar surface area (TPSA) is 74.3 Å². The van der Waals surface area contributed by atoms with Gasteiger partial charge in [0.2, 0.25) is 11.8 Å². The lowest BCUT2D eigenvalue weighted by Gasteiger charge is -2.16. The first-order valence-corrected chi connectivity index (χ1v) is 8.66. The summed E-state index contributed by atoms with van der Waals surface area (Å²) in [5, 5.41) is 5.46. The minimum absolute atomic E-state index is 0.0888. The average molecular weight is 456 g/mol. The minimum atomic E-state index is -0.233. The normalized spacial score (nSPS) is 10.5. The SMILES string of the molecule is CN(CC(=O)Nc1ccc(Br)cc1)CC(=O)Nc1ccc(Br)cn1. The summed E-state index contributed by atoms with van der Waals surface area (Å²) >= 11 is 6.62. The molecule has 0 fully saturated rings. The summed E-state index contributed by atoms with van der Waals surface area (Å²) in [5.74, 6) is 0.0501. The lowest BCUT2D eigenvalue weighted by atomic mass is 10.3. The number of nitrogens with zero attached hydrogens (tertiary/aromatic N) is 2. The van der Waals surface area contributed by atoms with E-state index in [1.807, 2.05) is 12.1 Å². The Kier molecular flexibility index (Phi) is 6.89. The molecule has 0 spiro atoms. The molecule has 0 radical (unpaired) electrons. The monoisotopic (exact) mass is 454 g/mol. The highest BCUT2D eigenvalue weighted by molar-refractivity contribution is 9.10. The van der Waals surface area contributed by atoms with Crippen molar-refractivity contribution >= 4 is 55.2 Å². The lowest BCUT2D eigenvalue weighted by Crippen LogP contribution is -2.36. The molecule has 6 nitrogen and oxygen atoms in total. The van der Waals surface area contributed by atoms with Crippen LogP contribution in [0.3, 0.4) is 0 Å². The molecule has 0 bridgehead atoms. The molecule has 0 saturated heterocycles. The van der Waals surface area contributed by atoms with E-state index in [1.54, 1.807) is 42.4 Å². The summed E-state index contributed by atoms with van der Waals surface area (Å²) in [6, 6.07) is 10.8. The van der Waals surface area contributed by atoms with Crippen LogP contribution in [0.5, 0.6) is 0 Å². The summed E-state index contributed by atoms with van der Waals surface area (Å²) in [7, 11) is 1.70. The van der Waals surface area contributed by atoms with E-state index >= 15 is 0 Å². The predicted octanol–water partition coefficient (Wildman–Crippen LogP) is 3.12. The van der Waals surface area contributed by atoms with Crippen molar-refractivity contribution in [3.8, 4) is 0 Å². The average Bonchev–Trinajstić information content (AvgIpc) is 2.51. The highest BCUT2D eigenvalue weighted by Crippen LogP contribution is 2.14. The second-order valence-corrected chi connectivity index (χ2v) is 6.97. The van der Waals surface area contributed by atoms with Gasteiger partial charge in [-0.15, -0.1) is 0 Å². The number of pyridine rings is 1. The number of carbonyl (C=O) groups is 2. The molecule has 2 aromatic rings. The van der Waals surface area contributed by atoms with E-state index in [9.17, 15) is 9.59 Å². The number of benzene rings is 1. The third kappa shape index (κ3) is 6.38. The molecular formula is C16H16Br2N4O2. The number of halogens is 2. The van der Waals surface area contributed by atoms with Gasteiger partial charge in [-0.2, -0.15) is 0 Å². The van der Waals surface area contributed by atoms with E-state index in [0.717, 1.165) is 8.95 Å². The van der Waals surface area contributed by atoms with Gasteiger partial charge < -0.3 is 10.6 Å². The quantitative estimate of drug-likeness (QED) is 0.701. The maximum absolute atomic E-state index is 12.0. The Morgan fingerprint density at radius 1 is 0.958 bits per heavy atom. The summed E-state index contributed by atoms with van der Waals surface area (Å²) in [4.78, 5) is 29.6. The fraction of sp³-hybridized carbons (Fsp3) is 0.188. The maximum atomic E-state index is 12.0. The van der Waals surface area contributed by atoms with Gasteiger partial charge in [0.05, 0.1) is 13.1 Å². The molecule has 0 saturated carbocycles. The van der Waals surface area contributed by atoms with Gasteiger partial charge in [0.25, 0.3) is 0 Å². The molecule has 0 unspecified atom stereocenters. The van der Waals surface area contributed by atoms with Crippen molar-refractivity contribution in [3.63, 3.8) is 0 Å². The van der Waals surface area contributed by atoms with Crippen LogP contribution in [-0.2, 0) is 9.59 Å². The molecule has 126 valence electrons. The molecule has 0 aliphatic rings. The molecule has 24 heavy (non-hydrogen) atoms. The van der Waals surface area contributed by atoms with Gasteiger partial charge in [0.15, 0.2) is 0 Å². The number of nitrogens with one attached hydrogen (secondary N) is 2. The van der Waals surface area contributed by atoms with Crippen LogP contribution >= 0.6 is 31.9 Å². The van der Waals surface area contributed by atoms with Crippen molar-refractivity contribution in [1.82, 2.24) is 9.88 Å². The second kappa shape index (κ2) is 8.91. The van der Waals surface area contributed by atoms with E-state index in [-0.39, 0.29) is 24.9 Å². The van der Waals surface area contributed by atoms with Gasteiger partial charge in [-0.05, 0) is 59.4 Å². The molecular weight excluding hydrogens is 440 g/mol. The number of hydrogen-bond acceptors (Lipinski definition) is 4. The first-order valence-electron chi connectivity index (χ1n) is 7.08. The van der Waals surface area contributed by atoms with E-state index in [4.69, 9.17) is 0 Å². The molecule has 1 heterocycles. The van der Waals surface area contributed by atoms with Crippen LogP contribution in [0, 0.1) is 0 Å². The van der Waals surface area contributed by atoms with Gasteiger partial charge in [-0.1, -0.05) is 15.9 Å². The Hall–Kier alpha value is -1.77. The van der Waals surface area contributed by atoms with E-state index in [0.29, 0.717) is 11.5 Å². The molecule has 0 atom stereocenters. The fourth-order valence-electron chi connectivity index (χ4n) is 1.91. The number of amides is 2. The minimum Gasteiger partial charge on any atom is -0.325 e. The summed E-state index contributed by atoms with van der Waals surface area (Å²) in [6.07, 6.45) is 1.60. The molecule has 2 rings (SSSR count). The lowest BCUT2D eigenvalue weighted by molar-refractivity contribution is -0.119. The standard InChI is InChI=1S/C16H16Br2N4O2/c1-22(9-15(23)20-13-5-2-11(17)3-6-13)10-16(24)21-14-7-4-12(18)8-19-14/h2-8H,9-10H2,1H3,(H,20,23)(H,19,21,24). The van der Waals surface area contributed by atoms with Crippen LogP contribution in [-0.4, -0.2) is 41.8 Å². The van der Waals surface area contributed by atoms with Crippen LogP contribution in [0.15, 0.2) is 51.5 Å². The zero-order chi connectivity index (χ0) is 17.5. The number of hydrogen-bond donors (Lipinski definition) is 2. The van der Waals surface area contributed by atoms with Crippen LogP contribution < -0.4 is 10.6 Å². The Morgan fingerprint density at radius 2 is 1.54 bits per heavy atom. The Balaban J connectivity index is 1.78. The van der Waals surface area contributed by atoms with Gasteiger partial charge in [0, 0.05) is 20.8 Å². The van der Waals surface area contributed by atoms with Gasteiger partial charge in [0.1, 0.15) is 5.82 Å². The Bertz CT molecular complexity index is 644. The predicted molar refractivity (Wildman–Crippen MR) is 101 cm³/mol. The molecule has 1 aromatic carbocycles. The molecule has 1 aromatic heterocycles. The molecule has 2 N–H and O–H groups in total. The van der Waals surface area contributed by atoms with Crippen LogP contribution in [0.2, 0.25) is 0 Å². The smallest absolute Gasteiger partial charge is 0.239 e. The van der Waals surface area contributed by atoms with Crippen molar-refractivity contribution in [1.29, 1.82) is 0 Å².